The van der Waals surface area contributed by atoms with Gasteiger partial charge in [-0.2, -0.15) is 0 Å². The quantitative estimate of drug-likeness (QED) is 0.200. The molecule has 3 rings (SSSR count). The third-order valence-electron chi connectivity index (χ3n) is 6.18. The topological polar surface area (TPSA) is 17.1 Å². The Morgan fingerprint density at radius 2 is 1.16 bits per heavy atom. The minimum Gasteiger partial charge on any atom is -1.00 e. The predicted octanol–water partition coefficient (Wildman–Crippen LogP) is 2.88. The molecule has 3 aromatic carbocycles. The number of halogens is 1. The summed E-state index contributed by atoms with van der Waals surface area (Å²) in [5.74, 6) is 0. The second-order valence-electron chi connectivity index (χ2n) is 8.88. The molecule has 0 saturated heterocycles. The Balaban J connectivity index is 0.00000363. The van der Waals surface area contributed by atoms with Gasteiger partial charge in [-0.1, -0.05) is 106 Å². The molecule has 3 aromatic rings. The van der Waals surface area contributed by atoms with Crippen LogP contribution < -0.4 is 39.9 Å². The minimum atomic E-state index is -2.92. The summed E-state index contributed by atoms with van der Waals surface area (Å²) in [6.07, 6.45) is 4.92. The Bertz CT molecular complexity index is 939. The molecule has 0 aliphatic carbocycles. The maximum atomic E-state index is 14.7. The summed E-state index contributed by atoms with van der Waals surface area (Å²) in [4.78, 5) is 0. The van der Waals surface area contributed by atoms with Crippen molar-refractivity contribution in [3.63, 3.8) is 0 Å². The van der Waals surface area contributed by atoms with Crippen LogP contribution in [0.5, 0.6) is 0 Å². The third-order valence-corrected chi connectivity index (χ3v) is 9.24. The van der Waals surface area contributed by atoms with Gasteiger partial charge in [-0.15, -0.1) is 0 Å². The summed E-state index contributed by atoms with van der Waals surface area (Å²) in [6.45, 7) is 7.89. The lowest BCUT2D eigenvalue weighted by atomic mass is 10.1. The highest BCUT2D eigenvalue weighted by Crippen LogP contribution is 2.42. The SMILES string of the molecule is CCCC[N+](C)(CCCC)Cc1cccc(P(=O)(c2ccccc2)c2ccccc2)c1.[I-]. The van der Waals surface area contributed by atoms with Gasteiger partial charge >= 0.3 is 0 Å². The predicted molar refractivity (Wildman–Crippen MR) is 135 cm³/mol. The van der Waals surface area contributed by atoms with Crippen molar-refractivity contribution in [3.8, 4) is 0 Å². The number of unbranched alkanes of at least 4 members (excludes halogenated alkanes) is 2. The van der Waals surface area contributed by atoms with Gasteiger partial charge in [-0.3, -0.25) is 0 Å². The van der Waals surface area contributed by atoms with Crippen LogP contribution in [0.2, 0.25) is 0 Å². The van der Waals surface area contributed by atoms with Gasteiger partial charge in [0.25, 0.3) is 0 Å². The molecular weight excluding hydrogens is 524 g/mol. The normalized spacial score (nSPS) is 11.7. The van der Waals surface area contributed by atoms with E-state index >= 15 is 0 Å². The maximum Gasteiger partial charge on any atom is 0.171 e. The standard InChI is InChI=1S/C28H37NOP.HI/c1-4-6-21-29(3,22-7-5-2)24-25-15-14-20-28(23-25)31(30,26-16-10-8-11-17-26)27-18-12-9-13-19-27;/h8-20,23H,4-7,21-22,24H2,1-3H3;1H/q+1;/p-1. The molecule has 0 aliphatic rings. The zero-order chi connectivity index (χ0) is 22.2. The molecular formula is C28H37INOP. The molecule has 0 spiro atoms. The van der Waals surface area contributed by atoms with Crippen LogP contribution in [-0.2, 0) is 11.1 Å². The van der Waals surface area contributed by atoms with E-state index in [1.165, 1.54) is 44.3 Å². The average molecular weight is 561 g/mol. The molecule has 32 heavy (non-hydrogen) atoms. The molecule has 0 unspecified atom stereocenters. The van der Waals surface area contributed by atoms with Gasteiger partial charge in [0.15, 0.2) is 7.14 Å². The zero-order valence-electron chi connectivity index (χ0n) is 19.7. The molecule has 0 amide bonds. The van der Waals surface area contributed by atoms with Crippen molar-refractivity contribution >= 4 is 23.1 Å². The lowest BCUT2D eigenvalue weighted by molar-refractivity contribution is -0.923. The highest BCUT2D eigenvalue weighted by Gasteiger charge is 2.30. The van der Waals surface area contributed by atoms with Crippen LogP contribution in [0.25, 0.3) is 0 Å². The molecule has 0 bridgehead atoms. The number of nitrogens with zero attached hydrogens (tertiary/aromatic N) is 1. The van der Waals surface area contributed by atoms with Gasteiger partial charge < -0.3 is 33.0 Å². The van der Waals surface area contributed by atoms with Crippen molar-refractivity contribution in [3.05, 3.63) is 90.5 Å². The number of quaternary nitrogens is 1. The van der Waals surface area contributed by atoms with E-state index in [2.05, 4.69) is 39.1 Å². The number of hydrogen-bond donors (Lipinski definition) is 0. The molecule has 0 aromatic heterocycles. The fraction of sp³-hybridized carbons (Fsp3) is 0.357. The van der Waals surface area contributed by atoms with Crippen LogP contribution in [0.15, 0.2) is 84.9 Å². The Morgan fingerprint density at radius 1 is 0.688 bits per heavy atom. The molecule has 0 heterocycles. The number of rotatable bonds is 11. The summed E-state index contributed by atoms with van der Waals surface area (Å²) in [5.41, 5.74) is 1.28. The van der Waals surface area contributed by atoms with Gasteiger partial charge in [0, 0.05) is 21.5 Å². The number of benzene rings is 3. The molecule has 2 nitrogen and oxygen atoms in total. The highest BCUT2D eigenvalue weighted by atomic mass is 127. The summed E-state index contributed by atoms with van der Waals surface area (Å²) in [6, 6.07) is 28.5. The van der Waals surface area contributed by atoms with Gasteiger partial charge in [0.05, 0.1) is 20.1 Å². The second-order valence-corrected chi connectivity index (χ2v) is 11.6. The van der Waals surface area contributed by atoms with Gasteiger partial charge in [0.1, 0.15) is 6.54 Å². The van der Waals surface area contributed by atoms with Crippen LogP contribution in [0, 0.1) is 0 Å². The Hall–Kier alpha value is -1.42. The second kappa shape index (κ2) is 12.7. The monoisotopic (exact) mass is 561 g/mol. The Kier molecular flexibility index (Phi) is 10.7. The zero-order valence-corrected chi connectivity index (χ0v) is 22.8. The average Bonchev–Trinajstić information content (AvgIpc) is 2.82. The van der Waals surface area contributed by atoms with E-state index in [-0.39, 0.29) is 24.0 Å². The first-order chi connectivity index (χ1) is 15.0. The fourth-order valence-electron chi connectivity index (χ4n) is 4.36. The summed E-state index contributed by atoms with van der Waals surface area (Å²) >= 11 is 0. The largest absolute Gasteiger partial charge is 1.00 e. The molecule has 0 fully saturated rings. The maximum absolute atomic E-state index is 14.7. The first-order valence-corrected chi connectivity index (χ1v) is 13.4. The smallest absolute Gasteiger partial charge is 0.171 e. The van der Waals surface area contributed by atoms with Gasteiger partial charge in [-0.25, -0.2) is 0 Å². The molecule has 0 N–H and O–H groups in total. The van der Waals surface area contributed by atoms with Crippen molar-refractivity contribution in [1.29, 1.82) is 0 Å². The van der Waals surface area contributed by atoms with Crippen molar-refractivity contribution < 1.29 is 33.0 Å². The van der Waals surface area contributed by atoms with Gasteiger partial charge in [0.2, 0.25) is 0 Å². The minimum absolute atomic E-state index is 0. The molecule has 0 saturated carbocycles. The van der Waals surface area contributed by atoms with E-state index in [9.17, 15) is 4.57 Å². The molecule has 0 aliphatic heterocycles. The lowest BCUT2D eigenvalue weighted by Gasteiger charge is -2.35. The molecule has 4 heteroatoms. The molecule has 172 valence electrons. The van der Waals surface area contributed by atoms with Crippen LogP contribution >= 0.6 is 7.14 Å². The van der Waals surface area contributed by atoms with Crippen molar-refractivity contribution in [1.82, 2.24) is 0 Å². The highest BCUT2D eigenvalue weighted by molar-refractivity contribution is 7.85. The van der Waals surface area contributed by atoms with Crippen molar-refractivity contribution in [2.45, 2.75) is 46.1 Å². The van der Waals surface area contributed by atoms with Crippen molar-refractivity contribution in [2.75, 3.05) is 20.1 Å². The van der Waals surface area contributed by atoms with E-state index < -0.39 is 7.14 Å². The first kappa shape index (κ1) is 26.8. The third kappa shape index (κ3) is 6.56. The Morgan fingerprint density at radius 3 is 1.62 bits per heavy atom. The van der Waals surface area contributed by atoms with E-state index in [0.717, 1.165) is 26.9 Å². The summed E-state index contributed by atoms with van der Waals surface area (Å²) in [7, 11) is -0.537. The summed E-state index contributed by atoms with van der Waals surface area (Å²) in [5, 5.41) is 2.72. The summed E-state index contributed by atoms with van der Waals surface area (Å²) < 4.78 is 15.7. The van der Waals surface area contributed by atoms with E-state index in [0.29, 0.717) is 0 Å². The lowest BCUT2D eigenvalue weighted by Crippen LogP contribution is -3.00. The van der Waals surface area contributed by atoms with Crippen LogP contribution in [0.4, 0.5) is 0 Å². The van der Waals surface area contributed by atoms with E-state index in [4.69, 9.17) is 0 Å². The van der Waals surface area contributed by atoms with Crippen LogP contribution in [0.3, 0.4) is 0 Å². The van der Waals surface area contributed by atoms with E-state index in [1.54, 1.807) is 0 Å². The van der Waals surface area contributed by atoms with Crippen LogP contribution in [0.1, 0.15) is 45.1 Å². The first-order valence-electron chi connectivity index (χ1n) is 11.7. The van der Waals surface area contributed by atoms with Crippen molar-refractivity contribution in [2.24, 2.45) is 0 Å². The van der Waals surface area contributed by atoms with Crippen LogP contribution in [-0.4, -0.2) is 24.6 Å². The van der Waals surface area contributed by atoms with Gasteiger partial charge in [-0.05, 0) is 18.9 Å². The molecule has 0 radical (unpaired) electrons. The molecule has 0 atom stereocenters. The fourth-order valence-corrected chi connectivity index (χ4v) is 7.09. The number of hydrogen-bond acceptors (Lipinski definition) is 1. The van der Waals surface area contributed by atoms with E-state index in [1.807, 2.05) is 66.7 Å². The Labute approximate surface area is 212 Å².